The summed E-state index contributed by atoms with van der Waals surface area (Å²) >= 11 is 0. The first-order valence-corrected chi connectivity index (χ1v) is 9.28. The number of carboxylic acids is 1. The first kappa shape index (κ1) is 25.8. The SMILES string of the molecule is CC(=O)c1ccc(C(=O)O)cc1.CC(=O)c1ccc(C(C)=O)cc1.O=S(=O)(O)O. The van der Waals surface area contributed by atoms with Crippen molar-refractivity contribution in [2.75, 3.05) is 0 Å². The Morgan fingerprint density at radius 2 is 0.759 bits per heavy atom. The number of carbonyl (C=O) groups excluding carboxylic acids is 3. The molecule has 0 bridgehead atoms. The topological polar surface area (TPSA) is 163 Å². The predicted octanol–water partition coefficient (Wildman–Crippen LogP) is 3.03. The van der Waals surface area contributed by atoms with E-state index in [-0.39, 0.29) is 22.9 Å². The second kappa shape index (κ2) is 11.6. The van der Waals surface area contributed by atoms with Crippen LogP contribution in [-0.2, 0) is 10.4 Å². The van der Waals surface area contributed by atoms with Gasteiger partial charge in [0.2, 0.25) is 0 Å². The second-order valence-corrected chi connectivity index (χ2v) is 6.47. The monoisotopic (exact) mass is 424 g/mol. The van der Waals surface area contributed by atoms with Crippen molar-refractivity contribution in [1.29, 1.82) is 0 Å². The van der Waals surface area contributed by atoms with Crippen molar-refractivity contribution in [2.45, 2.75) is 20.8 Å². The minimum atomic E-state index is -4.67. The van der Waals surface area contributed by atoms with Gasteiger partial charge in [0.25, 0.3) is 0 Å². The van der Waals surface area contributed by atoms with E-state index in [1.807, 2.05) is 0 Å². The van der Waals surface area contributed by atoms with Crippen LogP contribution in [0.1, 0.15) is 62.2 Å². The Hall–Kier alpha value is -3.21. The van der Waals surface area contributed by atoms with Gasteiger partial charge in [-0.1, -0.05) is 36.4 Å². The van der Waals surface area contributed by atoms with Gasteiger partial charge in [-0.25, -0.2) is 4.79 Å². The molecule has 0 fully saturated rings. The van der Waals surface area contributed by atoms with E-state index in [1.54, 1.807) is 24.3 Å². The van der Waals surface area contributed by atoms with Crippen LogP contribution in [0.2, 0.25) is 0 Å². The van der Waals surface area contributed by atoms with Crippen molar-refractivity contribution in [3.05, 3.63) is 70.8 Å². The molecule has 0 aliphatic rings. The van der Waals surface area contributed by atoms with E-state index in [1.165, 1.54) is 45.0 Å². The van der Waals surface area contributed by atoms with Gasteiger partial charge in [0, 0.05) is 16.7 Å². The number of carboxylic acid groups (broad SMARTS) is 1. The average Bonchev–Trinajstić information content (AvgIpc) is 2.61. The molecule has 0 heterocycles. The van der Waals surface area contributed by atoms with Gasteiger partial charge in [-0.3, -0.25) is 23.5 Å². The molecule has 0 amide bonds. The fraction of sp³-hybridized carbons (Fsp3) is 0.158. The molecule has 0 saturated heterocycles. The van der Waals surface area contributed by atoms with E-state index < -0.39 is 16.4 Å². The van der Waals surface area contributed by atoms with Gasteiger partial charge in [0.1, 0.15) is 0 Å². The van der Waals surface area contributed by atoms with Gasteiger partial charge in [-0.2, -0.15) is 8.42 Å². The fourth-order valence-electron chi connectivity index (χ4n) is 1.79. The Bertz CT molecular complexity index is 832. The summed E-state index contributed by atoms with van der Waals surface area (Å²) < 4.78 is 31.6. The lowest BCUT2D eigenvalue weighted by Gasteiger charge is -1.96. The third-order valence-corrected chi connectivity index (χ3v) is 3.24. The van der Waals surface area contributed by atoms with Crippen LogP contribution in [0.15, 0.2) is 48.5 Å². The quantitative estimate of drug-likeness (QED) is 0.494. The Balaban J connectivity index is 0.000000442. The van der Waals surface area contributed by atoms with Crippen LogP contribution in [0.5, 0.6) is 0 Å². The maximum Gasteiger partial charge on any atom is 0.394 e. The molecular weight excluding hydrogens is 404 g/mol. The smallest absolute Gasteiger partial charge is 0.394 e. The molecule has 0 aliphatic carbocycles. The maximum atomic E-state index is 10.8. The fourth-order valence-corrected chi connectivity index (χ4v) is 1.79. The molecule has 0 radical (unpaired) electrons. The summed E-state index contributed by atoms with van der Waals surface area (Å²) in [6.07, 6.45) is 0. The Morgan fingerprint density at radius 3 is 0.897 bits per heavy atom. The molecule has 2 rings (SSSR count). The maximum absolute atomic E-state index is 10.8. The van der Waals surface area contributed by atoms with Crippen LogP contribution in [0.3, 0.4) is 0 Å². The number of carbonyl (C=O) groups is 4. The molecule has 156 valence electrons. The minimum absolute atomic E-state index is 0.0186. The van der Waals surface area contributed by atoms with Crippen LogP contribution < -0.4 is 0 Å². The molecule has 9 nitrogen and oxygen atoms in total. The normalized spacial score (nSPS) is 9.83. The van der Waals surface area contributed by atoms with Crippen LogP contribution >= 0.6 is 0 Å². The van der Waals surface area contributed by atoms with E-state index in [0.29, 0.717) is 16.7 Å². The first-order valence-electron chi connectivity index (χ1n) is 7.88. The van der Waals surface area contributed by atoms with E-state index in [0.717, 1.165) is 0 Å². The van der Waals surface area contributed by atoms with Crippen molar-refractivity contribution in [2.24, 2.45) is 0 Å². The van der Waals surface area contributed by atoms with E-state index in [2.05, 4.69) is 0 Å². The van der Waals surface area contributed by atoms with E-state index >= 15 is 0 Å². The van der Waals surface area contributed by atoms with E-state index in [9.17, 15) is 19.2 Å². The zero-order chi connectivity index (χ0) is 22.8. The van der Waals surface area contributed by atoms with Gasteiger partial charge in [-0.15, -0.1) is 0 Å². The third kappa shape index (κ3) is 12.0. The van der Waals surface area contributed by atoms with Crippen LogP contribution in [-0.4, -0.2) is 45.9 Å². The lowest BCUT2D eigenvalue weighted by Crippen LogP contribution is -1.97. The molecule has 2 aromatic rings. The Morgan fingerprint density at radius 1 is 0.586 bits per heavy atom. The van der Waals surface area contributed by atoms with Gasteiger partial charge in [0.15, 0.2) is 17.3 Å². The lowest BCUT2D eigenvalue weighted by atomic mass is 10.1. The molecule has 0 aromatic heterocycles. The Kier molecular flexibility index (Phi) is 10.3. The van der Waals surface area contributed by atoms with Gasteiger partial charge in [-0.05, 0) is 32.9 Å². The minimum Gasteiger partial charge on any atom is -0.478 e. The van der Waals surface area contributed by atoms with Gasteiger partial charge < -0.3 is 5.11 Å². The molecule has 29 heavy (non-hydrogen) atoms. The molecule has 3 N–H and O–H groups in total. The van der Waals surface area contributed by atoms with Gasteiger partial charge >= 0.3 is 16.4 Å². The number of hydrogen-bond donors (Lipinski definition) is 3. The lowest BCUT2D eigenvalue weighted by molar-refractivity contribution is 0.0695. The molecule has 0 atom stereocenters. The number of aromatic carboxylic acids is 1. The molecular formula is C19H20O9S. The van der Waals surface area contributed by atoms with Crippen molar-refractivity contribution in [3.63, 3.8) is 0 Å². The van der Waals surface area contributed by atoms with Crippen LogP contribution in [0, 0.1) is 0 Å². The van der Waals surface area contributed by atoms with Crippen LogP contribution in [0.25, 0.3) is 0 Å². The summed E-state index contributed by atoms with van der Waals surface area (Å²) in [5.74, 6) is -1.01. The molecule has 10 heteroatoms. The van der Waals surface area contributed by atoms with Crippen LogP contribution in [0.4, 0.5) is 0 Å². The summed E-state index contributed by atoms with van der Waals surface area (Å²) in [4.78, 5) is 42.9. The number of ketones is 3. The molecule has 0 spiro atoms. The number of benzene rings is 2. The van der Waals surface area contributed by atoms with Crippen molar-refractivity contribution >= 4 is 33.7 Å². The highest BCUT2D eigenvalue weighted by atomic mass is 32.3. The molecule has 0 saturated carbocycles. The number of hydrogen-bond acceptors (Lipinski definition) is 6. The highest BCUT2D eigenvalue weighted by molar-refractivity contribution is 7.79. The summed E-state index contributed by atoms with van der Waals surface area (Å²) in [5, 5.41) is 8.53. The summed E-state index contributed by atoms with van der Waals surface area (Å²) in [6, 6.07) is 12.5. The summed E-state index contributed by atoms with van der Waals surface area (Å²) in [7, 11) is -4.67. The number of rotatable bonds is 4. The number of Topliss-reactive ketones (excluding diaryl/α,β-unsaturated/α-hetero) is 3. The van der Waals surface area contributed by atoms with Crippen molar-refractivity contribution in [1.82, 2.24) is 0 Å². The van der Waals surface area contributed by atoms with Crippen molar-refractivity contribution in [3.8, 4) is 0 Å². The molecule has 0 unspecified atom stereocenters. The van der Waals surface area contributed by atoms with Gasteiger partial charge in [0.05, 0.1) is 5.56 Å². The zero-order valence-corrected chi connectivity index (χ0v) is 16.6. The first-order chi connectivity index (χ1) is 13.2. The predicted molar refractivity (Wildman–Crippen MR) is 104 cm³/mol. The second-order valence-electron chi connectivity index (χ2n) is 5.58. The third-order valence-electron chi connectivity index (χ3n) is 3.24. The van der Waals surface area contributed by atoms with E-state index in [4.69, 9.17) is 22.6 Å². The Labute approximate surface area is 167 Å². The standard InChI is InChI=1S/C10H10O2.C9H8O3.H2O4S/c1-7(11)9-3-5-10(6-4-9)8(2)12;1-6(10)7-2-4-8(5-3-7)9(11)12;1-5(2,3)4/h3-6H,1-2H3;2-5H,1H3,(H,11,12);(H2,1,2,3,4). The summed E-state index contributed by atoms with van der Waals surface area (Å²) in [5.41, 5.74) is 2.00. The zero-order valence-electron chi connectivity index (χ0n) is 15.8. The summed E-state index contributed by atoms with van der Waals surface area (Å²) in [6.45, 7) is 4.45. The molecule has 0 aliphatic heterocycles. The average molecular weight is 424 g/mol. The highest BCUT2D eigenvalue weighted by Gasteiger charge is 2.03. The molecule has 2 aromatic carbocycles. The highest BCUT2D eigenvalue weighted by Crippen LogP contribution is 2.05. The largest absolute Gasteiger partial charge is 0.478 e. The van der Waals surface area contributed by atoms with Crippen molar-refractivity contribution < 1.29 is 41.8 Å².